The number of carbonyl (C=O) groups is 2. The van der Waals surface area contributed by atoms with Crippen LogP contribution in [0.4, 0.5) is 4.79 Å². The predicted octanol–water partition coefficient (Wildman–Crippen LogP) is 4.25. The summed E-state index contributed by atoms with van der Waals surface area (Å²) in [6.07, 6.45) is 1.13. The van der Waals surface area contributed by atoms with E-state index >= 15 is 0 Å². The van der Waals surface area contributed by atoms with Crippen LogP contribution in [-0.2, 0) is 16.1 Å². The molecule has 1 atom stereocenters. The van der Waals surface area contributed by atoms with Crippen molar-refractivity contribution in [1.29, 1.82) is 5.26 Å². The zero-order valence-corrected chi connectivity index (χ0v) is 20.5. The molecular weight excluding hydrogens is 428 g/mol. The normalized spacial score (nSPS) is 15.7. The molecule has 0 aromatic heterocycles. The number of rotatable bonds is 6. The fourth-order valence-corrected chi connectivity index (χ4v) is 4.08. The van der Waals surface area contributed by atoms with Crippen molar-refractivity contribution < 1.29 is 14.3 Å². The number of hydrogen-bond acceptors (Lipinski definition) is 5. The highest BCUT2D eigenvalue weighted by Gasteiger charge is 2.33. The van der Waals surface area contributed by atoms with Crippen molar-refractivity contribution in [3.63, 3.8) is 0 Å². The van der Waals surface area contributed by atoms with Gasteiger partial charge in [0.15, 0.2) is 0 Å². The maximum Gasteiger partial charge on any atom is 0.410 e. The topological polar surface area (TPSA) is 85.7 Å². The third-order valence-electron chi connectivity index (χ3n) is 5.86. The smallest absolute Gasteiger partial charge is 0.410 e. The van der Waals surface area contributed by atoms with Crippen LogP contribution in [-0.4, -0.2) is 53.6 Å². The molecule has 0 unspecified atom stereocenters. The molecule has 1 saturated heterocycles. The van der Waals surface area contributed by atoms with Crippen LogP contribution >= 0.6 is 0 Å². The third kappa shape index (κ3) is 7.06. The molecule has 1 N–H and O–H groups in total. The van der Waals surface area contributed by atoms with Gasteiger partial charge < -0.3 is 10.1 Å². The molecule has 3 rings (SSSR count). The summed E-state index contributed by atoms with van der Waals surface area (Å²) in [5.74, 6) is -0.204. The lowest BCUT2D eigenvalue weighted by atomic mass is 10.0. The van der Waals surface area contributed by atoms with E-state index in [1.54, 1.807) is 7.05 Å². The van der Waals surface area contributed by atoms with Crippen LogP contribution in [0.15, 0.2) is 54.6 Å². The zero-order valence-electron chi connectivity index (χ0n) is 20.5. The van der Waals surface area contributed by atoms with Crippen molar-refractivity contribution in [3.8, 4) is 6.07 Å². The molecule has 0 bridgehead atoms. The summed E-state index contributed by atoms with van der Waals surface area (Å²) >= 11 is 0. The number of nitrogens with zero attached hydrogens (tertiary/aromatic N) is 3. The number of benzene rings is 2. The van der Waals surface area contributed by atoms with E-state index in [-0.39, 0.29) is 11.9 Å². The highest BCUT2D eigenvalue weighted by Crippen LogP contribution is 2.23. The van der Waals surface area contributed by atoms with Gasteiger partial charge in [-0.1, -0.05) is 42.5 Å². The third-order valence-corrected chi connectivity index (χ3v) is 5.86. The lowest BCUT2D eigenvalue weighted by molar-refractivity contribution is -0.127. The van der Waals surface area contributed by atoms with Crippen molar-refractivity contribution in [2.45, 2.75) is 57.8 Å². The first-order valence-corrected chi connectivity index (χ1v) is 11.7. The van der Waals surface area contributed by atoms with Crippen LogP contribution in [0.5, 0.6) is 0 Å². The summed E-state index contributed by atoms with van der Waals surface area (Å²) in [6.45, 7) is 7.97. The molecule has 1 heterocycles. The summed E-state index contributed by atoms with van der Waals surface area (Å²) in [5.41, 5.74) is 1.93. The Morgan fingerprint density at radius 2 is 1.74 bits per heavy atom. The van der Waals surface area contributed by atoms with Gasteiger partial charge in [0.25, 0.3) is 0 Å². The molecule has 0 radical (unpaired) electrons. The minimum absolute atomic E-state index is 0.0444. The van der Waals surface area contributed by atoms with Gasteiger partial charge in [-0.15, -0.1) is 0 Å². The van der Waals surface area contributed by atoms with Gasteiger partial charge in [0, 0.05) is 32.7 Å². The maximum atomic E-state index is 13.4. The highest BCUT2D eigenvalue weighted by molar-refractivity contribution is 5.87. The van der Waals surface area contributed by atoms with Crippen LogP contribution in [0.1, 0.15) is 56.3 Å². The summed E-state index contributed by atoms with van der Waals surface area (Å²) in [6, 6.07) is 18.4. The monoisotopic (exact) mass is 462 g/mol. The molecule has 0 saturated carbocycles. The SMILES string of the molecule is CN(C(=O)OC(C)(C)C)[C@H](C(=O)NC1CCN(Cc2ccc(C#N)cc2)CC1)c1ccccc1. The number of likely N-dealkylation sites (tertiary alicyclic amines) is 1. The molecular formula is C27H34N4O3. The predicted molar refractivity (Wildman–Crippen MR) is 131 cm³/mol. The largest absolute Gasteiger partial charge is 0.444 e. The van der Waals surface area contributed by atoms with Crippen LogP contribution in [0.2, 0.25) is 0 Å². The maximum absolute atomic E-state index is 13.4. The van der Waals surface area contributed by atoms with Crippen molar-refractivity contribution in [2.24, 2.45) is 0 Å². The summed E-state index contributed by atoms with van der Waals surface area (Å²) in [4.78, 5) is 29.8. The van der Waals surface area contributed by atoms with E-state index in [4.69, 9.17) is 10.00 Å². The quantitative estimate of drug-likeness (QED) is 0.694. The number of hydrogen-bond donors (Lipinski definition) is 1. The van der Waals surface area contributed by atoms with Gasteiger partial charge in [0.2, 0.25) is 5.91 Å². The molecule has 34 heavy (non-hydrogen) atoms. The van der Waals surface area contributed by atoms with Crippen molar-refractivity contribution in [2.75, 3.05) is 20.1 Å². The Labute approximate surface area is 202 Å². The summed E-state index contributed by atoms with van der Waals surface area (Å²) in [7, 11) is 1.60. The number of nitrogens with one attached hydrogen (secondary N) is 1. The first-order chi connectivity index (χ1) is 16.2. The first-order valence-electron chi connectivity index (χ1n) is 11.7. The molecule has 1 aliphatic heterocycles. The lowest BCUT2D eigenvalue weighted by Gasteiger charge is -2.35. The van der Waals surface area contributed by atoms with Crippen LogP contribution in [0.3, 0.4) is 0 Å². The highest BCUT2D eigenvalue weighted by atomic mass is 16.6. The van der Waals surface area contributed by atoms with E-state index in [0.717, 1.165) is 38.0 Å². The molecule has 180 valence electrons. The molecule has 0 aliphatic carbocycles. The minimum Gasteiger partial charge on any atom is -0.444 e. The molecule has 1 fully saturated rings. The van der Waals surface area contributed by atoms with Gasteiger partial charge in [0.1, 0.15) is 11.6 Å². The molecule has 7 heteroatoms. The van der Waals surface area contributed by atoms with Gasteiger partial charge >= 0.3 is 6.09 Å². The van der Waals surface area contributed by atoms with E-state index in [9.17, 15) is 9.59 Å². The van der Waals surface area contributed by atoms with Gasteiger partial charge in [0.05, 0.1) is 11.6 Å². The molecule has 2 amide bonds. The standard InChI is InChI=1S/C27H34N4O3/c1-27(2,3)34-26(33)30(4)24(22-8-6-5-7-9-22)25(32)29-23-14-16-31(17-15-23)19-21-12-10-20(18-28)11-13-21/h5-13,23-24H,14-17,19H2,1-4H3,(H,29,32)/t24-/m0/s1. The van der Waals surface area contributed by atoms with E-state index in [0.29, 0.717) is 5.56 Å². The Hall–Kier alpha value is -3.37. The number of ether oxygens (including phenoxy) is 1. The molecule has 1 aliphatic rings. The second-order valence-corrected chi connectivity index (χ2v) is 9.77. The number of piperidine rings is 1. The van der Waals surface area contributed by atoms with Gasteiger partial charge in [-0.2, -0.15) is 5.26 Å². The number of likely N-dealkylation sites (N-methyl/N-ethyl adjacent to an activating group) is 1. The Balaban J connectivity index is 1.61. The van der Waals surface area contributed by atoms with E-state index in [1.165, 1.54) is 10.5 Å². The van der Waals surface area contributed by atoms with Gasteiger partial charge in [-0.05, 0) is 56.9 Å². The van der Waals surface area contributed by atoms with E-state index in [1.807, 2.05) is 75.4 Å². The average Bonchev–Trinajstić information content (AvgIpc) is 2.80. The fourth-order valence-electron chi connectivity index (χ4n) is 4.08. The molecule has 2 aromatic carbocycles. The number of nitriles is 1. The average molecular weight is 463 g/mol. The van der Waals surface area contributed by atoms with Gasteiger partial charge in [-0.25, -0.2) is 4.79 Å². The van der Waals surface area contributed by atoms with Crippen molar-refractivity contribution >= 4 is 12.0 Å². The molecule has 7 nitrogen and oxygen atoms in total. The Bertz CT molecular complexity index is 1000. The second-order valence-electron chi connectivity index (χ2n) is 9.77. The van der Waals surface area contributed by atoms with Crippen LogP contribution in [0.25, 0.3) is 0 Å². The Morgan fingerprint density at radius 3 is 2.29 bits per heavy atom. The van der Waals surface area contributed by atoms with Gasteiger partial charge in [-0.3, -0.25) is 14.6 Å². The fraction of sp³-hybridized carbons (Fsp3) is 0.444. The first kappa shape index (κ1) is 25.3. The molecule has 0 spiro atoms. The van der Waals surface area contributed by atoms with Crippen molar-refractivity contribution in [1.82, 2.24) is 15.1 Å². The van der Waals surface area contributed by atoms with E-state index < -0.39 is 17.7 Å². The lowest BCUT2D eigenvalue weighted by Crippen LogP contribution is -2.49. The Morgan fingerprint density at radius 1 is 1.12 bits per heavy atom. The van der Waals surface area contributed by atoms with Crippen LogP contribution < -0.4 is 5.32 Å². The zero-order chi connectivity index (χ0) is 24.7. The Kier molecular flexibility index (Phi) is 8.30. The minimum atomic E-state index is -0.771. The summed E-state index contributed by atoms with van der Waals surface area (Å²) < 4.78 is 5.51. The molecule has 2 aromatic rings. The number of carbonyl (C=O) groups excluding carboxylic acids is 2. The second kappa shape index (κ2) is 11.2. The summed E-state index contributed by atoms with van der Waals surface area (Å²) in [5, 5.41) is 12.1. The van der Waals surface area contributed by atoms with Crippen molar-refractivity contribution in [3.05, 3.63) is 71.3 Å². The van der Waals surface area contributed by atoms with Crippen LogP contribution in [0, 0.1) is 11.3 Å². The number of amides is 2. The van der Waals surface area contributed by atoms with E-state index in [2.05, 4.69) is 16.3 Å².